The first-order valence-electron chi connectivity index (χ1n) is 26.3. The summed E-state index contributed by atoms with van der Waals surface area (Å²) >= 11 is 0. The Morgan fingerprint density at radius 3 is 1.28 bits per heavy atom. The highest BCUT2D eigenvalue weighted by atomic mass is 31.2. The van der Waals surface area contributed by atoms with Gasteiger partial charge in [-0.3, -0.25) is 0 Å². The third-order valence-corrected chi connectivity index (χ3v) is 23.1. The quantitative estimate of drug-likeness (QED) is 0.112. The summed E-state index contributed by atoms with van der Waals surface area (Å²) in [5.74, 6) is 0. The van der Waals surface area contributed by atoms with Crippen LogP contribution in [0.5, 0.6) is 0 Å². The van der Waals surface area contributed by atoms with Gasteiger partial charge in [-0.2, -0.15) is 0 Å². The lowest BCUT2D eigenvalue weighted by molar-refractivity contribution is 0.591. The molecule has 2 heterocycles. The molecular formula is C69H57BN2O2P2. The molecule has 0 bridgehead atoms. The molecule has 76 heavy (non-hydrogen) atoms. The van der Waals surface area contributed by atoms with E-state index in [1.54, 1.807) is 0 Å². The Hall–Kier alpha value is -7.94. The van der Waals surface area contributed by atoms with E-state index in [-0.39, 0.29) is 6.71 Å². The number of benzene rings is 11. The Bertz CT molecular complexity index is 4190. The summed E-state index contributed by atoms with van der Waals surface area (Å²) in [4.78, 5) is 4.95. The maximum atomic E-state index is 16.8. The van der Waals surface area contributed by atoms with Crippen LogP contribution in [0.4, 0.5) is 34.1 Å². The van der Waals surface area contributed by atoms with E-state index in [1.807, 2.05) is 60.7 Å². The molecule has 2 aliphatic heterocycles. The molecule has 4 nitrogen and oxygen atoms in total. The van der Waals surface area contributed by atoms with Crippen LogP contribution in [0, 0.1) is 48.5 Å². The smallest absolute Gasteiger partial charge is 0.248 e. The summed E-state index contributed by atoms with van der Waals surface area (Å²) in [5.41, 5.74) is 17.5. The number of anilines is 6. The fraction of sp³-hybridized carbons (Fsp3) is 0.101. The second-order valence-electron chi connectivity index (χ2n) is 21.1. The maximum absolute atomic E-state index is 16.8. The molecule has 0 amide bonds. The normalized spacial score (nSPS) is 13.0. The van der Waals surface area contributed by atoms with E-state index in [2.05, 4.69) is 216 Å². The molecule has 0 atom stereocenters. The summed E-state index contributed by atoms with van der Waals surface area (Å²) in [6.07, 6.45) is 0. The van der Waals surface area contributed by atoms with Gasteiger partial charge in [0.05, 0.1) is 22.7 Å². The van der Waals surface area contributed by atoms with Gasteiger partial charge in [0.25, 0.3) is 0 Å². The molecule has 0 saturated heterocycles. The van der Waals surface area contributed by atoms with Crippen LogP contribution in [-0.4, -0.2) is 6.71 Å². The van der Waals surface area contributed by atoms with Crippen molar-refractivity contribution in [2.24, 2.45) is 0 Å². The van der Waals surface area contributed by atoms with Crippen molar-refractivity contribution < 1.29 is 9.13 Å². The van der Waals surface area contributed by atoms with E-state index in [9.17, 15) is 0 Å². The van der Waals surface area contributed by atoms with Gasteiger partial charge < -0.3 is 18.9 Å². The number of aryl methyl sites for hydroxylation is 7. The second-order valence-corrected chi connectivity index (χ2v) is 26.5. The Morgan fingerprint density at radius 2 is 0.763 bits per heavy atom. The molecule has 368 valence electrons. The number of hydrogen-bond donors (Lipinski definition) is 0. The van der Waals surface area contributed by atoms with Crippen LogP contribution >= 0.6 is 14.3 Å². The molecule has 7 heteroatoms. The number of nitrogens with zero attached hydrogens (tertiary/aromatic N) is 2. The van der Waals surface area contributed by atoms with Crippen LogP contribution in [0.3, 0.4) is 0 Å². The number of fused-ring (bicyclic) bond motifs is 7. The highest BCUT2D eigenvalue weighted by Crippen LogP contribution is 2.57. The first kappa shape index (κ1) is 47.8. The minimum absolute atomic E-state index is 0.242. The molecule has 0 unspecified atom stereocenters. The van der Waals surface area contributed by atoms with Crippen LogP contribution in [0.2, 0.25) is 0 Å². The fourth-order valence-corrected chi connectivity index (χ4v) is 19.2. The predicted molar refractivity (Wildman–Crippen MR) is 327 cm³/mol. The van der Waals surface area contributed by atoms with E-state index in [0.29, 0.717) is 0 Å². The van der Waals surface area contributed by atoms with Gasteiger partial charge in [0.1, 0.15) is 0 Å². The van der Waals surface area contributed by atoms with Crippen LogP contribution in [0.15, 0.2) is 218 Å². The standard InChI is InChI=1S/C69H57BN2O2P2/c1-44-38-49(6)67(50(7)39-44)70-58-43-56(76(74,65-30-18-10-22-47(65)4)66-31-19-11-23-48(66)5)36-37-59(58)72-61-41-52-25-13-12-24-51(52)40-60(61)71(62-42-53-26-14-15-27-57(53)68(70)69(62)72)54-32-34-55(35-33-54)75(73,63-28-16-8-20-45(63)2)64-29-17-9-21-46(64)3/h8-43H,1-7H3. The summed E-state index contributed by atoms with van der Waals surface area (Å²) in [7, 11) is -6.78. The van der Waals surface area contributed by atoms with E-state index in [4.69, 9.17) is 0 Å². The summed E-state index contributed by atoms with van der Waals surface area (Å²) < 4.78 is 33.0. The van der Waals surface area contributed by atoms with Crippen molar-refractivity contribution in [1.82, 2.24) is 0 Å². The minimum atomic E-state index is -3.46. The zero-order chi connectivity index (χ0) is 52.2. The fourth-order valence-electron chi connectivity index (χ4n) is 13.0. The van der Waals surface area contributed by atoms with Crippen molar-refractivity contribution in [2.75, 3.05) is 9.80 Å². The van der Waals surface area contributed by atoms with Gasteiger partial charge in [0, 0.05) is 43.2 Å². The second kappa shape index (κ2) is 18.1. The molecule has 0 fully saturated rings. The SMILES string of the molecule is Cc1cc(C)c(B2c3cc(P(=O)(c4ccccc4C)c4ccccc4C)ccc3N3c4cc5ccccc5cc4N(c4ccc(P(=O)(c5ccccc5C)c5ccccc5C)cc4)c4cc5ccccc5c2c43)c(C)c1. The van der Waals surface area contributed by atoms with Crippen LogP contribution in [-0.2, 0) is 9.13 Å². The minimum Gasteiger partial charge on any atom is -0.309 e. The van der Waals surface area contributed by atoms with Gasteiger partial charge >= 0.3 is 0 Å². The Morgan fingerprint density at radius 1 is 0.342 bits per heavy atom. The van der Waals surface area contributed by atoms with E-state index in [0.717, 1.165) is 110 Å². The Kier molecular flexibility index (Phi) is 11.4. The van der Waals surface area contributed by atoms with Crippen molar-refractivity contribution >= 4 is 125 Å². The lowest BCUT2D eigenvalue weighted by Gasteiger charge is -2.46. The molecule has 11 aromatic rings. The molecule has 0 N–H and O–H groups in total. The molecule has 13 rings (SSSR count). The summed E-state index contributed by atoms with van der Waals surface area (Å²) in [6.45, 7) is 14.8. The van der Waals surface area contributed by atoms with Crippen molar-refractivity contribution in [2.45, 2.75) is 48.5 Å². The zero-order valence-electron chi connectivity index (χ0n) is 44.0. The average Bonchev–Trinajstić information content (AvgIpc) is 3.58. The molecule has 0 spiro atoms. The maximum Gasteiger partial charge on any atom is 0.248 e. The van der Waals surface area contributed by atoms with Crippen LogP contribution in [0.1, 0.15) is 38.9 Å². The number of hydrogen-bond acceptors (Lipinski definition) is 4. The van der Waals surface area contributed by atoms with Crippen LogP contribution < -0.4 is 58.0 Å². The van der Waals surface area contributed by atoms with Gasteiger partial charge in [-0.15, -0.1) is 0 Å². The zero-order valence-corrected chi connectivity index (χ0v) is 45.8. The number of rotatable bonds is 8. The molecule has 0 radical (unpaired) electrons. The Balaban J connectivity index is 1.12. The van der Waals surface area contributed by atoms with E-state index < -0.39 is 14.3 Å². The van der Waals surface area contributed by atoms with Crippen LogP contribution in [0.25, 0.3) is 21.5 Å². The highest BCUT2D eigenvalue weighted by molar-refractivity contribution is 7.86. The van der Waals surface area contributed by atoms with Crippen molar-refractivity contribution in [3.8, 4) is 0 Å². The largest absolute Gasteiger partial charge is 0.309 e. The Labute approximate surface area is 447 Å². The van der Waals surface area contributed by atoms with Gasteiger partial charge in [0.15, 0.2) is 14.3 Å². The third-order valence-electron chi connectivity index (χ3n) is 16.4. The molecular weight excluding hydrogens is 962 g/mol. The van der Waals surface area contributed by atoms with Crippen molar-refractivity contribution in [3.63, 3.8) is 0 Å². The van der Waals surface area contributed by atoms with Gasteiger partial charge in [-0.25, -0.2) is 0 Å². The topological polar surface area (TPSA) is 40.6 Å². The van der Waals surface area contributed by atoms with Gasteiger partial charge in [-0.1, -0.05) is 186 Å². The summed E-state index contributed by atoms with van der Waals surface area (Å²) in [6, 6.07) is 77.2. The third kappa shape index (κ3) is 7.20. The first-order valence-corrected chi connectivity index (χ1v) is 29.7. The monoisotopic (exact) mass is 1020 g/mol. The van der Waals surface area contributed by atoms with Gasteiger partial charge in [-0.05, 0) is 158 Å². The predicted octanol–water partition coefficient (Wildman–Crippen LogP) is 13.5. The van der Waals surface area contributed by atoms with Gasteiger partial charge in [0.2, 0.25) is 6.71 Å². The summed E-state index contributed by atoms with van der Waals surface area (Å²) in [5, 5.41) is 9.60. The molecule has 0 aromatic heterocycles. The lowest BCUT2D eigenvalue weighted by Crippen LogP contribution is -2.60. The average molecular weight is 1020 g/mol. The molecule has 0 aliphatic carbocycles. The first-order chi connectivity index (χ1) is 36.9. The van der Waals surface area contributed by atoms with Crippen molar-refractivity contribution in [3.05, 3.63) is 257 Å². The van der Waals surface area contributed by atoms with E-state index >= 15 is 9.13 Å². The van der Waals surface area contributed by atoms with Crippen molar-refractivity contribution in [1.29, 1.82) is 0 Å². The lowest BCUT2D eigenvalue weighted by atomic mass is 9.33. The molecule has 11 aromatic carbocycles. The molecule has 2 aliphatic rings. The van der Waals surface area contributed by atoms with E-state index in [1.165, 1.54) is 33.0 Å². The highest BCUT2D eigenvalue weighted by Gasteiger charge is 2.45. The molecule has 0 saturated carbocycles.